The Bertz CT molecular complexity index is 467. The second kappa shape index (κ2) is 6.45. The van der Waals surface area contributed by atoms with E-state index in [1.165, 1.54) is 6.07 Å². The van der Waals surface area contributed by atoms with Crippen molar-refractivity contribution in [2.75, 3.05) is 20.3 Å². The van der Waals surface area contributed by atoms with Gasteiger partial charge in [0.2, 0.25) is 0 Å². The molecule has 0 bridgehead atoms. The van der Waals surface area contributed by atoms with Gasteiger partial charge in [0.1, 0.15) is 0 Å². The number of ether oxygens (including phenoxy) is 1. The van der Waals surface area contributed by atoms with Crippen molar-refractivity contribution in [2.45, 2.75) is 18.9 Å². The van der Waals surface area contributed by atoms with Gasteiger partial charge in [-0.15, -0.1) is 0 Å². The molecule has 5 nitrogen and oxygen atoms in total. The van der Waals surface area contributed by atoms with E-state index in [4.69, 9.17) is 4.74 Å². The van der Waals surface area contributed by atoms with Crippen molar-refractivity contribution < 1.29 is 9.66 Å². The van der Waals surface area contributed by atoms with E-state index in [0.717, 1.165) is 25.0 Å². The maximum Gasteiger partial charge on any atom is 0.283 e. The van der Waals surface area contributed by atoms with Crippen LogP contribution in [0.1, 0.15) is 12.0 Å². The highest BCUT2D eigenvalue weighted by Gasteiger charge is 2.26. The lowest BCUT2D eigenvalue weighted by Crippen LogP contribution is -2.41. The van der Waals surface area contributed by atoms with Gasteiger partial charge < -0.3 is 10.1 Å². The normalized spacial score (nSPS) is 23.3. The van der Waals surface area contributed by atoms with E-state index >= 15 is 0 Å². The molecule has 2 atom stereocenters. The Hall–Kier alpha value is -0.980. The van der Waals surface area contributed by atoms with E-state index in [9.17, 15) is 10.1 Å². The third-order valence-electron chi connectivity index (χ3n) is 3.58. The van der Waals surface area contributed by atoms with Gasteiger partial charge in [-0.2, -0.15) is 0 Å². The molecule has 1 saturated heterocycles. The Kier molecular flexibility index (Phi) is 4.90. The maximum absolute atomic E-state index is 10.9. The first kappa shape index (κ1) is 14.4. The summed E-state index contributed by atoms with van der Waals surface area (Å²) in [6.45, 7) is 1.47. The molecule has 104 valence electrons. The largest absolute Gasteiger partial charge is 0.381 e. The van der Waals surface area contributed by atoms with Crippen LogP contribution in [0.4, 0.5) is 5.69 Å². The third-order valence-corrected chi connectivity index (χ3v) is 4.50. The summed E-state index contributed by atoms with van der Waals surface area (Å²) in [6, 6.07) is 5.58. The molecular weight excluding hydrogens is 312 g/mol. The topological polar surface area (TPSA) is 64.4 Å². The van der Waals surface area contributed by atoms with Gasteiger partial charge in [0, 0.05) is 24.6 Å². The molecule has 1 aliphatic rings. The molecule has 1 aromatic carbocycles. The van der Waals surface area contributed by atoms with Crippen molar-refractivity contribution in [3.05, 3.63) is 38.3 Å². The summed E-state index contributed by atoms with van der Waals surface area (Å²) in [6.07, 6.45) is 1.75. The molecule has 2 rings (SSSR count). The monoisotopic (exact) mass is 328 g/mol. The minimum absolute atomic E-state index is 0.121. The highest BCUT2D eigenvalue weighted by Crippen LogP contribution is 2.31. The molecule has 1 heterocycles. The first-order valence-corrected chi connectivity index (χ1v) is 7.09. The Balaban J connectivity index is 2.18. The zero-order chi connectivity index (χ0) is 13.8. The van der Waals surface area contributed by atoms with Gasteiger partial charge >= 0.3 is 0 Å². The molecule has 0 aromatic heterocycles. The van der Waals surface area contributed by atoms with Gasteiger partial charge in [0.05, 0.1) is 16.0 Å². The predicted molar refractivity (Wildman–Crippen MR) is 76.3 cm³/mol. The first-order chi connectivity index (χ1) is 9.13. The number of nitrogens with one attached hydrogen (secondary N) is 1. The van der Waals surface area contributed by atoms with E-state index in [-0.39, 0.29) is 10.6 Å². The minimum Gasteiger partial charge on any atom is -0.381 e. The highest BCUT2D eigenvalue weighted by molar-refractivity contribution is 9.10. The van der Waals surface area contributed by atoms with E-state index in [1.807, 2.05) is 13.1 Å². The summed E-state index contributed by atoms with van der Waals surface area (Å²) in [5.74, 6) is 0.344. The van der Waals surface area contributed by atoms with Crippen molar-refractivity contribution >= 4 is 21.6 Å². The van der Waals surface area contributed by atoms with E-state index in [0.29, 0.717) is 23.0 Å². The molecule has 1 fully saturated rings. The lowest BCUT2D eigenvalue weighted by atomic mass is 9.89. The first-order valence-electron chi connectivity index (χ1n) is 6.30. The van der Waals surface area contributed by atoms with Gasteiger partial charge in [0.25, 0.3) is 5.69 Å². The Morgan fingerprint density at radius 1 is 1.58 bits per heavy atom. The van der Waals surface area contributed by atoms with Gasteiger partial charge in [-0.25, -0.2) is 0 Å². The zero-order valence-electron chi connectivity index (χ0n) is 10.8. The summed E-state index contributed by atoms with van der Waals surface area (Å²) in [7, 11) is 1.95. The maximum atomic E-state index is 10.9. The number of nitrogens with zero attached hydrogens (tertiary/aromatic N) is 1. The predicted octanol–water partition coefficient (Wildman–Crippen LogP) is 2.52. The van der Waals surface area contributed by atoms with Crippen LogP contribution < -0.4 is 5.32 Å². The lowest BCUT2D eigenvalue weighted by molar-refractivity contribution is -0.385. The summed E-state index contributed by atoms with van der Waals surface area (Å²) >= 11 is 3.35. The molecule has 0 amide bonds. The Morgan fingerprint density at radius 2 is 2.37 bits per heavy atom. The average molecular weight is 329 g/mol. The van der Waals surface area contributed by atoms with Crippen LogP contribution in [-0.4, -0.2) is 31.2 Å². The van der Waals surface area contributed by atoms with Gasteiger partial charge in [0.15, 0.2) is 0 Å². The van der Waals surface area contributed by atoms with Crippen molar-refractivity contribution in [1.29, 1.82) is 0 Å². The minimum atomic E-state index is -0.361. The summed E-state index contributed by atoms with van der Waals surface area (Å²) in [5, 5.41) is 14.2. The SMILES string of the molecule is CNC1CCOCC1Cc1cccc([N+](=O)[O-])c1Br. The molecule has 0 saturated carbocycles. The fourth-order valence-electron chi connectivity index (χ4n) is 2.53. The number of hydrogen-bond acceptors (Lipinski definition) is 4. The number of rotatable bonds is 4. The third kappa shape index (κ3) is 3.32. The van der Waals surface area contributed by atoms with Crippen LogP contribution in [0.3, 0.4) is 0 Å². The average Bonchev–Trinajstić information content (AvgIpc) is 2.41. The molecule has 0 aliphatic carbocycles. The van der Waals surface area contributed by atoms with E-state index in [2.05, 4.69) is 21.2 Å². The second-order valence-electron chi connectivity index (χ2n) is 4.73. The fourth-order valence-corrected chi connectivity index (χ4v) is 3.10. The molecule has 1 N–H and O–H groups in total. The van der Waals surface area contributed by atoms with Crippen LogP contribution in [0.15, 0.2) is 22.7 Å². The molecule has 1 aromatic rings. The van der Waals surface area contributed by atoms with E-state index < -0.39 is 0 Å². The number of nitro benzene ring substituents is 1. The molecule has 0 radical (unpaired) electrons. The molecule has 19 heavy (non-hydrogen) atoms. The highest BCUT2D eigenvalue weighted by atomic mass is 79.9. The van der Waals surface area contributed by atoms with Crippen molar-refractivity contribution in [2.24, 2.45) is 5.92 Å². The van der Waals surface area contributed by atoms with Crippen LogP contribution in [-0.2, 0) is 11.2 Å². The van der Waals surface area contributed by atoms with Crippen LogP contribution in [0, 0.1) is 16.0 Å². The standard InChI is InChI=1S/C13H17BrN2O3/c1-15-11-5-6-19-8-10(11)7-9-3-2-4-12(13(9)14)16(17)18/h2-4,10-11,15H,5-8H2,1H3. The molecule has 0 spiro atoms. The summed E-state index contributed by atoms with van der Waals surface area (Å²) < 4.78 is 6.10. The van der Waals surface area contributed by atoms with Gasteiger partial charge in [-0.05, 0) is 41.4 Å². The lowest BCUT2D eigenvalue weighted by Gasteiger charge is -2.31. The smallest absolute Gasteiger partial charge is 0.283 e. The number of nitro groups is 1. The van der Waals surface area contributed by atoms with Crippen molar-refractivity contribution in [3.63, 3.8) is 0 Å². The van der Waals surface area contributed by atoms with Crippen molar-refractivity contribution in [1.82, 2.24) is 5.32 Å². The molecule has 1 aliphatic heterocycles. The molecular formula is C13H17BrN2O3. The molecule has 6 heteroatoms. The summed E-state index contributed by atoms with van der Waals surface area (Å²) in [5.41, 5.74) is 1.08. The second-order valence-corrected chi connectivity index (χ2v) is 5.52. The Morgan fingerprint density at radius 3 is 3.05 bits per heavy atom. The van der Waals surface area contributed by atoms with Gasteiger partial charge in [-0.1, -0.05) is 12.1 Å². The van der Waals surface area contributed by atoms with Crippen molar-refractivity contribution in [3.8, 4) is 0 Å². The quantitative estimate of drug-likeness (QED) is 0.681. The molecule has 2 unspecified atom stereocenters. The number of hydrogen-bond donors (Lipinski definition) is 1. The number of halogens is 1. The van der Waals surface area contributed by atoms with Crippen LogP contribution in [0.5, 0.6) is 0 Å². The van der Waals surface area contributed by atoms with Crippen LogP contribution in [0.25, 0.3) is 0 Å². The Labute approximate surface area is 120 Å². The zero-order valence-corrected chi connectivity index (χ0v) is 12.4. The summed E-state index contributed by atoms with van der Waals surface area (Å²) in [4.78, 5) is 10.6. The van der Waals surface area contributed by atoms with Crippen LogP contribution in [0.2, 0.25) is 0 Å². The fraction of sp³-hybridized carbons (Fsp3) is 0.538. The van der Waals surface area contributed by atoms with E-state index in [1.54, 1.807) is 6.07 Å². The van der Waals surface area contributed by atoms with Crippen LogP contribution >= 0.6 is 15.9 Å². The number of benzene rings is 1. The van der Waals surface area contributed by atoms with Gasteiger partial charge in [-0.3, -0.25) is 10.1 Å².